The number of hydrogen-bond acceptors (Lipinski definition) is 3. The third-order valence-corrected chi connectivity index (χ3v) is 2.81. The average Bonchev–Trinajstić information content (AvgIpc) is 2.23. The summed E-state index contributed by atoms with van der Waals surface area (Å²) in [5, 5.41) is 0. The smallest absolute Gasteiger partial charge is 0.371 e. The van der Waals surface area contributed by atoms with Crippen molar-refractivity contribution < 1.29 is 17.9 Å². The van der Waals surface area contributed by atoms with Crippen molar-refractivity contribution in [1.82, 2.24) is 4.90 Å². The first-order valence-corrected chi connectivity index (χ1v) is 5.61. The van der Waals surface area contributed by atoms with Crippen molar-refractivity contribution in [3.05, 3.63) is 0 Å². The molecule has 0 aromatic carbocycles. The Labute approximate surface area is 106 Å². The molecule has 0 aromatic heterocycles. The molecule has 1 aliphatic rings. The van der Waals surface area contributed by atoms with Gasteiger partial charge in [0.25, 0.3) is 0 Å². The molecule has 1 aliphatic heterocycles. The Morgan fingerprint density at radius 3 is 2.59 bits per heavy atom. The molecule has 104 valence electrons. The molecule has 2 N–H and O–H groups in total. The van der Waals surface area contributed by atoms with Crippen LogP contribution in [0, 0.1) is 0 Å². The van der Waals surface area contributed by atoms with Gasteiger partial charge >= 0.3 is 6.18 Å². The van der Waals surface area contributed by atoms with E-state index in [-0.39, 0.29) is 19.0 Å². The van der Waals surface area contributed by atoms with Gasteiger partial charge in [-0.15, -0.1) is 12.4 Å². The van der Waals surface area contributed by atoms with Crippen LogP contribution in [0.1, 0.15) is 19.3 Å². The second kappa shape index (κ2) is 8.13. The van der Waals surface area contributed by atoms with Crippen molar-refractivity contribution >= 4 is 12.4 Å². The van der Waals surface area contributed by atoms with E-state index in [0.29, 0.717) is 19.1 Å². The molecule has 1 fully saturated rings. The number of hydrogen-bond donors (Lipinski definition) is 1. The Kier molecular flexibility index (Phi) is 8.11. The number of nitrogens with zero attached hydrogens (tertiary/aromatic N) is 1. The standard InChI is InChI=1S/C10H19F3N2O.ClH/c11-10(12,13)8-16-6-5-15-4-2-1-3-9(15)7-14;/h9H,1-8,14H2;1H. The van der Waals surface area contributed by atoms with Crippen molar-refractivity contribution in [3.8, 4) is 0 Å². The number of nitrogens with two attached hydrogens (primary N) is 1. The molecule has 1 atom stereocenters. The summed E-state index contributed by atoms with van der Waals surface area (Å²) >= 11 is 0. The molecule has 0 radical (unpaired) electrons. The molecule has 0 spiro atoms. The first-order chi connectivity index (χ1) is 7.53. The summed E-state index contributed by atoms with van der Waals surface area (Å²) in [5.74, 6) is 0. The van der Waals surface area contributed by atoms with Gasteiger partial charge in [-0.3, -0.25) is 4.90 Å². The SMILES string of the molecule is Cl.NCC1CCCCN1CCOCC(F)(F)F. The second-order valence-electron chi connectivity index (χ2n) is 4.09. The van der Waals surface area contributed by atoms with Gasteiger partial charge in [-0.25, -0.2) is 0 Å². The molecule has 0 saturated carbocycles. The molecule has 17 heavy (non-hydrogen) atoms. The number of halogens is 4. The van der Waals surface area contributed by atoms with E-state index in [4.69, 9.17) is 5.73 Å². The van der Waals surface area contributed by atoms with Crippen LogP contribution in [0.5, 0.6) is 0 Å². The highest BCUT2D eigenvalue weighted by Gasteiger charge is 2.27. The van der Waals surface area contributed by atoms with Gasteiger partial charge in [0.2, 0.25) is 0 Å². The number of piperidine rings is 1. The molecule has 0 aliphatic carbocycles. The molecular weight excluding hydrogens is 257 g/mol. The summed E-state index contributed by atoms with van der Waals surface area (Å²) in [6.07, 6.45) is -0.942. The van der Waals surface area contributed by atoms with Gasteiger partial charge in [0.1, 0.15) is 6.61 Å². The minimum atomic E-state index is -4.23. The van der Waals surface area contributed by atoms with E-state index in [2.05, 4.69) is 9.64 Å². The van der Waals surface area contributed by atoms with E-state index in [1.165, 1.54) is 0 Å². The van der Waals surface area contributed by atoms with Gasteiger partial charge in [-0.05, 0) is 19.4 Å². The number of likely N-dealkylation sites (tertiary alicyclic amines) is 1. The third-order valence-electron chi connectivity index (χ3n) is 2.81. The Morgan fingerprint density at radius 1 is 1.29 bits per heavy atom. The fourth-order valence-electron chi connectivity index (χ4n) is 1.99. The highest BCUT2D eigenvalue weighted by Crippen LogP contribution is 2.16. The fraction of sp³-hybridized carbons (Fsp3) is 1.00. The van der Waals surface area contributed by atoms with Crippen molar-refractivity contribution in [3.63, 3.8) is 0 Å². The van der Waals surface area contributed by atoms with Gasteiger partial charge < -0.3 is 10.5 Å². The topological polar surface area (TPSA) is 38.5 Å². The zero-order valence-corrected chi connectivity index (χ0v) is 10.5. The minimum absolute atomic E-state index is 0. The van der Waals surface area contributed by atoms with Crippen LogP contribution in [0.25, 0.3) is 0 Å². The van der Waals surface area contributed by atoms with Gasteiger partial charge in [0, 0.05) is 19.1 Å². The van der Waals surface area contributed by atoms with Gasteiger partial charge in [-0.1, -0.05) is 6.42 Å². The van der Waals surface area contributed by atoms with Crippen LogP contribution in [0.2, 0.25) is 0 Å². The van der Waals surface area contributed by atoms with Crippen molar-refractivity contribution in [2.45, 2.75) is 31.5 Å². The summed E-state index contributed by atoms with van der Waals surface area (Å²) in [5.41, 5.74) is 5.60. The molecule has 1 heterocycles. The van der Waals surface area contributed by atoms with Crippen molar-refractivity contribution in [1.29, 1.82) is 0 Å². The Hall–Kier alpha value is -0.0400. The molecule has 3 nitrogen and oxygen atoms in total. The Morgan fingerprint density at radius 2 is 2.00 bits per heavy atom. The quantitative estimate of drug-likeness (QED) is 0.778. The Bertz CT molecular complexity index is 204. The summed E-state index contributed by atoms with van der Waals surface area (Å²) < 4.78 is 40.0. The highest BCUT2D eigenvalue weighted by molar-refractivity contribution is 5.85. The molecule has 1 saturated heterocycles. The lowest BCUT2D eigenvalue weighted by molar-refractivity contribution is -0.175. The summed E-state index contributed by atoms with van der Waals surface area (Å²) in [6.45, 7) is 0.985. The highest BCUT2D eigenvalue weighted by atomic mass is 35.5. The van der Waals surface area contributed by atoms with Crippen LogP contribution in [0.15, 0.2) is 0 Å². The van der Waals surface area contributed by atoms with E-state index in [1.807, 2.05) is 0 Å². The van der Waals surface area contributed by atoms with Crippen LogP contribution >= 0.6 is 12.4 Å². The van der Waals surface area contributed by atoms with E-state index >= 15 is 0 Å². The molecular formula is C10H20ClF3N2O. The molecule has 0 bridgehead atoms. The zero-order chi connectivity index (χ0) is 12.0. The first kappa shape index (κ1) is 17.0. The molecule has 1 unspecified atom stereocenters. The maximum atomic E-state index is 11.8. The lowest BCUT2D eigenvalue weighted by Crippen LogP contribution is -2.45. The van der Waals surface area contributed by atoms with Crippen molar-refractivity contribution in [2.75, 3.05) is 32.8 Å². The van der Waals surface area contributed by atoms with Gasteiger partial charge in [0.05, 0.1) is 6.61 Å². The van der Waals surface area contributed by atoms with E-state index in [0.717, 1.165) is 25.8 Å². The molecule has 7 heteroatoms. The monoisotopic (exact) mass is 276 g/mol. The van der Waals surface area contributed by atoms with Gasteiger partial charge in [0.15, 0.2) is 0 Å². The molecule has 0 amide bonds. The number of rotatable bonds is 5. The fourth-order valence-corrected chi connectivity index (χ4v) is 1.99. The number of alkyl halides is 3. The minimum Gasteiger partial charge on any atom is -0.371 e. The zero-order valence-electron chi connectivity index (χ0n) is 9.71. The average molecular weight is 277 g/mol. The van der Waals surface area contributed by atoms with Crippen LogP contribution in [0.3, 0.4) is 0 Å². The lowest BCUT2D eigenvalue weighted by Gasteiger charge is -2.34. The largest absolute Gasteiger partial charge is 0.411 e. The van der Waals surface area contributed by atoms with E-state index < -0.39 is 12.8 Å². The third kappa shape index (κ3) is 7.08. The normalized spacial score (nSPS) is 22.2. The molecule has 0 aromatic rings. The number of ether oxygens (including phenoxy) is 1. The maximum absolute atomic E-state index is 11.8. The summed E-state index contributed by atoms with van der Waals surface area (Å²) in [4.78, 5) is 2.12. The van der Waals surface area contributed by atoms with Gasteiger partial charge in [-0.2, -0.15) is 13.2 Å². The van der Waals surface area contributed by atoms with E-state index in [9.17, 15) is 13.2 Å². The van der Waals surface area contributed by atoms with Crippen LogP contribution < -0.4 is 5.73 Å². The summed E-state index contributed by atoms with van der Waals surface area (Å²) in [7, 11) is 0. The van der Waals surface area contributed by atoms with Crippen molar-refractivity contribution in [2.24, 2.45) is 5.73 Å². The van der Waals surface area contributed by atoms with E-state index in [1.54, 1.807) is 0 Å². The summed E-state index contributed by atoms with van der Waals surface area (Å²) in [6, 6.07) is 0.309. The predicted molar refractivity (Wildman–Crippen MR) is 62.4 cm³/mol. The molecule has 1 rings (SSSR count). The maximum Gasteiger partial charge on any atom is 0.411 e. The van der Waals surface area contributed by atoms with Crippen LogP contribution in [-0.2, 0) is 4.74 Å². The predicted octanol–water partition coefficient (Wildman–Crippen LogP) is 1.80. The van der Waals surface area contributed by atoms with Crippen LogP contribution in [0.4, 0.5) is 13.2 Å². The first-order valence-electron chi connectivity index (χ1n) is 5.61. The Balaban J connectivity index is 0.00000256. The second-order valence-corrected chi connectivity index (χ2v) is 4.09. The van der Waals surface area contributed by atoms with Crippen LogP contribution in [-0.4, -0.2) is 50.0 Å². The lowest BCUT2D eigenvalue weighted by atomic mass is 10.0.